The Balaban J connectivity index is 2.72. The molecule has 0 fully saturated rings. The summed E-state index contributed by atoms with van der Waals surface area (Å²) in [6.45, 7) is 0. The summed E-state index contributed by atoms with van der Waals surface area (Å²) in [6, 6.07) is 9.40. The number of azide groups is 1. The molecule has 0 aliphatic rings. The van der Waals surface area contributed by atoms with Gasteiger partial charge in [-0.1, -0.05) is 30.3 Å². The van der Waals surface area contributed by atoms with Gasteiger partial charge in [0.15, 0.2) is 0 Å². The second-order valence-corrected chi connectivity index (χ2v) is 3.67. The van der Waals surface area contributed by atoms with E-state index in [1.54, 1.807) is 0 Å². The lowest BCUT2D eigenvalue weighted by atomic mass is 10.0. The highest BCUT2D eigenvalue weighted by Gasteiger charge is 2.13. The molecule has 0 radical (unpaired) electrons. The molecule has 19 heavy (non-hydrogen) atoms. The fraction of sp³-hybridized carbons (Fsp3) is 0.0769. The van der Waals surface area contributed by atoms with E-state index in [1.807, 2.05) is 30.3 Å². The summed E-state index contributed by atoms with van der Waals surface area (Å²) in [6.07, 6.45) is 5.60. The van der Waals surface area contributed by atoms with E-state index in [0.29, 0.717) is 11.3 Å². The molecule has 0 bridgehead atoms. The third-order valence-electron chi connectivity index (χ3n) is 2.47. The van der Waals surface area contributed by atoms with E-state index < -0.39 is 0 Å². The van der Waals surface area contributed by atoms with Crippen LogP contribution in [0.2, 0.25) is 0 Å². The van der Waals surface area contributed by atoms with Gasteiger partial charge in [0.2, 0.25) is 5.95 Å². The first-order chi connectivity index (χ1) is 9.26. The van der Waals surface area contributed by atoms with Crippen LogP contribution in [0.4, 0.5) is 11.8 Å². The zero-order valence-electron chi connectivity index (χ0n) is 9.98. The number of aromatic nitrogens is 2. The first kappa shape index (κ1) is 12.4. The van der Waals surface area contributed by atoms with Crippen molar-refractivity contribution in [2.45, 2.75) is 6.42 Å². The molecule has 0 saturated heterocycles. The predicted octanol–water partition coefficient (Wildman–Crippen LogP) is 2.84. The van der Waals surface area contributed by atoms with Crippen molar-refractivity contribution < 1.29 is 0 Å². The molecule has 0 saturated carbocycles. The normalized spacial score (nSPS) is 9.42. The number of rotatable bonds is 3. The van der Waals surface area contributed by atoms with Crippen molar-refractivity contribution in [1.82, 2.24) is 9.97 Å². The number of anilines is 1. The van der Waals surface area contributed by atoms with E-state index in [0.717, 1.165) is 5.56 Å². The Bertz CT molecular complexity index is 680. The van der Waals surface area contributed by atoms with Crippen molar-refractivity contribution in [3.63, 3.8) is 0 Å². The van der Waals surface area contributed by atoms with E-state index in [1.165, 1.54) is 0 Å². The average molecular weight is 250 g/mol. The van der Waals surface area contributed by atoms with E-state index >= 15 is 0 Å². The Hall–Kier alpha value is -3.03. The summed E-state index contributed by atoms with van der Waals surface area (Å²) < 4.78 is 0. The summed E-state index contributed by atoms with van der Waals surface area (Å²) in [5.41, 5.74) is 16.2. The first-order valence-corrected chi connectivity index (χ1v) is 5.46. The van der Waals surface area contributed by atoms with Crippen LogP contribution in [0.3, 0.4) is 0 Å². The monoisotopic (exact) mass is 250 g/mol. The third kappa shape index (κ3) is 2.63. The van der Waals surface area contributed by atoms with Crippen molar-refractivity contribution in [1.29, 1.82) is 0 Å². The SMILES string of the molecule is C#CCc1c(N=[N+]=[N-])nc(N)nc1-c1ccccc1. The molecule has 0 aliphatic carbocycles. The third-order valence-corrected chi connectivity index (χ3v) is 2.47. The minimum Gasteiger partial charge on any atom is -0.368 e. The summed E-state index contributed by atoms with van der Waals surface area (Å²) >= 11 is 0. The molecule has 0 amide bonds. The Labute approximate surface area is 109 Å². The van der Waals surface area contributed by atoms with Gasteiger partial charge in [-0.25, -0.2) is 9.97 Å². The van der Waals surface area contributed by atoms with Crippen LogP contribution in [0.15, 0.2) is 35.4 Å². The maximum atomic E-state index is 8.57. The topological polar surface area (TPSA) is 101 Å². The van der Waals surface area contributed by atoms with Crippen molar-refractivity contribution >= 4 is 11.8 Å². The molecular weight excluding hydrogens is 240 g/mol. The summed E-state index contributed by atoms with van der Waals surface area (Å²) in [5, 5.41) is 3.53. The quantitative estimate of drug-likeness (QED) is 0.392. The molecule has 0 atom stereocenters. The highest BCUT2D eigenvalue weighted by molar-refractivity contribution is 5.69. The van der Waals surface area contributed by atoms with E-state index in [2.05, 4.69) is 25.9 Å². The number of nitrogens with zero attached hydrogens (tertiary/aromatic N) is 5. The standard InChI is InChI=1S/C13H10N6/c1-2-6-10-11(9-7-4-3-5-8-9)16-13(14)17-12(10)18-19-15/h1,3-5,7-8H,6H2,(H2,14,16,17). The summed E-state index contributed by atoms with van der Waals surface area (Å²) in [4.78, 5) is 10.8. The summed E-state index contributed by atoms with van der Waals surface area (Å²) in [5.74, 6) is 2.72. The van der Waals surface area contributed by atoms with Gasteiger partial charge in [0.1, 0.15) is 5.82 Å². The Kier molecular flexibility index (Phi) is 3.62. The highest BCUT2D eigenvalue weighted by atomic mass is 15.2. The van der Waals surface area contributed by atoms with Gasteiger partial charge in [-0.05, 0) is 10.6 Å². The van der Waals surface area contributed by atoms with Crippen LogP contribution in [0, 0.1) is 12.3 Å². The second-order valence-electron chi connectivity index (χ2n) is 3.67. The van der Waals surface area contributed by atoms with Gasteiger partial charge in [-0.3, -0.25) is 0 Å². The van der Waals surface area contributed by atoms with Crippen LogP contribution in [0.5, 0.6) is 0 Å². The molecule has 6 nitrogen and oxygen atoms in total. The average Bonchev–Trinajstić information content (AvgIpc) is 2.43. The number of nitrogen functional groups attached to an aromatic ring is 1. The van der Waals surface area contributed by atoms with Crippen molar-refractivity contribution in [3.05, 3.63) is 46.3 Å². The smallest absolute Gasteiger partial charge is 0.220 e. The van der Waals surface area contributed by atoms with Gasteiger partial charge in [-0.15, -0.1) is 12.3 Å². The Morgan fingerprint density at radius 1 is 1.32 bits per heavy atom. The van der Waals surface area contributed by atoms with Crippen molar-refractivity contribution in [3.8, 4) is 23.6 Å². The van der Waals surface area contributed by atoms with Crippen LogP contribution in [0.1, 0.15) is 5.56 Å². The molecule has 1 heterocycles. The fourth-order valence-corrected chi connectivity index (χ4v) is 1.71. The minimum atomic E-state index is 0.0435. The summed E-state index contributed by atoms with van der Waals surface area (Å²) in [7, 11) is 0. The Morgan fingerprint density at radius 3 is 2.68 bits per heavy atom. The molecule has 2 N–H and O–H groups in total. The van der Waals surface area contributed by atoms with Crippen LogP contribution in [-0.4, -0.2) is 9.97 Å². The molecule has 2 rings (SSSR count). The van der Waals surface area contributed by atoms with Gasteiger partial charge >= 0.3 is 0 Å². The van der Waals surface area contributed by atoms with Gasteiger partial charge in [0, 0.05) is 22.5 Å². The molecule has 1 aromatic heterocycles. The van der Waals surface area contributed by atoms with Crippen LogP contribution >= 0.6 is 0 Å². The molecule has 2 aromatic rings. The molecule has 0 unspecified atom stereocenters. The predicted molar refractivity (Wildman–Crippen MR) is 73.2 cm³/mol. The van der Waals surface area contributed by atoms with E-state index in [4.69, 9.17) is 17.7 Å². The fourth-order valence-electron chi connectivity index (χ4n) is 1.71. The van der Waals surface area contributed by atoms with Gasteiger partial charge in [0.25, 0.3) is 0 Å². The Morgan fingerprint density at radius 2 is 2.05 bits per heavy atom. The number of terminal acetylenes is 1. The molecular formula is C13H10N6. The molecule has 0 spiro atoms. The van der Waals surface area contributed by atoms with Gasteiger partial charge in [0.05, 0.1) is 5.69 Å². The number of hydrogen-bond acceptors (Lipinski definition) is 4. The number of hydrogen-bond donors (Lipinski definition) is 1. The zero-order chi connectivity index (χ0) is 13.7. The maximum absolute atomic E-state index is 8.57. The molecule has 92 valence electrons. The first-order valence-electron chi connectivity index (χ1n) is 5.46. The lowest BCUT2D eigenvalue weighted by molar-refractivity contribution is 1.10. The maximum Gasteiger partial charge on any atom is 0.220 e. The molecule has 0 aliphatic heterocycles. The largest absolute Gasteiger partial charge is 0.368 e. The van der Waals surface area contributed by atoms with E-state index in [-0.39, 0.29) is 18.2 Å². The van der Waals surface area contributed by atoms with Crippen molar-refractivity contribution in [2.24, 2.45) is 5.11 Å². The van der Waals surface area contributed by atoms with Crippen LogP contribution < -0.4 is 5.73 Å². The van der Waals surface area contributed by atoms with Gasteiger partial charge in [-0.2, -0.15) is 0 Å². The van der Waals surface area contributed by atoms with Crippen LogP contribution in [0.25, 0.3) is 21.7 Å². The van der Waals surface area contributed by atoms with Crippen LogP contribution in [-0.2, 0) is 6.42 Å². The highest BCUT2D eigenvalue weighted by Crippen LogP contribution is 2.29. The number of nitrogens with two attached hydrogens (primary N) is 1. The molecule has 1 aromatic carbocycles. The van der Waals surface area contributed by atoms with Crippen molar-refractivity contribution in [2.75, 3.05) is 5.73 Å². The molecule has 6 heteroatoms. The van der Waals surface area contributed by atoms with Gasteiger partial charge < -0.3 is 5.73 Å². The second kappa shape index (κ2) is 5.54. The van der Waals surface area contributed by atoms with E-state index in [9.17, 15) is 0 Å². The zero-order valence-corrected chi connectivity index (χ0v) is 9.98. The minimum absolute atomic E-state index is 0.0435. The lowest BCUT2D eigenvalue weighted by Gasteiger charge is -2.09. The number of benzene rings is 1. The lowest BCUT2D eigenvalue weighted by Crippen LogP contribution is -2.01.